The summed E-state index contributed by atoms with van der Waals surface area (Å²) in [7, 11) is 0. The highest BCUT2D eigenvalue weighted by atomic mass is 16.2. The highest BCUT2D eigenvalue weighted by Crippen LogP contribution is 2.22. The minimum Gasteiger partial charge on any atom is -0.340 e. The number of aryl methyl sites for hydroxylation is 1. The predicted molar refractivity (Wildman–Crippen MR) is 132 cm³/mol. The van der Waals surface area contributed by atoms with Gasteiger partial charge in [-0.15, -0.1) is 0 Å². The Morgan fingerprint density at radius 2 is 1.64 bits per heavy atom. The number of hydrogen-bond donors (Lipinski definition) is 2. The van der Waals surface area contributed by atoms with Crippen molar-refractivity contribution in [2.24, 2.45) is 5.92 Å². The van der Waals surface area contributed by atoms with Gasteiger partial charge in [0.1, 0.15) is 11.9 Å². The van der Waals surface area contributed by atoms with Crippen molar-refractivity contribution in [1.29, 1.82) is 0 Å². The van der Waals surface area contributed by atoms with E-state index in [1.807, 2.05) is 75.5 Å². The lowest BCUT2D eigenvalue weighted by Gasteiger charge is -2.22. The van der Waals surface area contributed by atoms with E-state index in [1.165, 1.54) is 0 Å². The number of nitrogens with zero attached hydrogens (tertiary/aromatic N) is 2. The lowest BCUT2D eigenvalue weighted by molar-refractivity contribution is -0.118. The molecule has 6 nitrogen and oxygen atoms in total. The summed E-state index contributed by atoms with van der Waals surface area (Å²) in [5.74, 6) is 0.403. The third-order valence-corrected chi connectivity index (χ3v) is 5.75. The second-order valence-electron chi connectivity index (χ2n) is 9.81. The zero-order valence-corrected chi connectivity index (χ0v) is 20.3. The first-order valence-corrected chi connectivity index (χ1v) is 11.3. The van der Waals surface area contributed by atoms with Gasteiger partial charge in [-0.1, -0.05) is 58.9 Å². The highest BCUT2D eigenvalue weighted by Gasteiger charge is 2.25. The van der Waals surface area contributed by atoms with Gasteiger partial charge in [0, 0.05) is 30.2 Å². The minimum absolute atomic E-state index is 0.0164. The molecule has 0 spiro atoms. The SMILES string of the molecule is Cc1nccn1Cc1ccc(NC(=O)C(NC(=O)c2ccc(C(C)(C)C)cc2)C(C)C)cc1. The molecule has 2 N–H and O–H groups in total. The Morgan fingerprint density at radius 1 is 1.00 bits per heavy atom. The summed E-state index contributed by atoms with van der Waals surface area (Å²) in [6.07, 6.45) is 3.72. The van der Waals surface area contributed by atoms with Gasteiger partial charge in [-0.25, -0.2) is 4.98 Å². The zero-order chi connectivity index (χ0) is 24.2. The van der Waals surface area contributed by atoms with Gasteiger partial charge in [-0.3, -0.25) is 9.59 Å². The van der Waals surface area contributed by atoms with Crippen LogP contribution >= 0.6 is 0 Å². The highest BCUT2D eigenvalue weighted by molar-refractivity contribution is 6.01. The molecule has 0 aliphatic heterocycles. The predicted octanol–water partition coefficient (Wildman–Crippen LogP) is 4.93. The second kappa shape index (κ2) is 10.0. The average Bonchev–Trinajstić information content (AvgIpc) is 3.16. The van der Waals surface area contributed by atoms with E-state index in [9.17, 15) is 9.59 Å². The topological polar surface area (TPSA) is 76.0 Å². The number of nitrogens with one attached hydrogen (secondary N) is 2. The molecule has 0 fully saturated rings. The van der Waals surface area contributed by atoms with Crippen LogP contribution in [-0.4, -0.2) is 27.4 Å². The van der Waals surface area contributed by atoms with Crippen LogP contribution in [0.2, 0.25) is 0 Å². The van der Waals surface area contributed by atoms with E-state index in [2.05, 4.69) is 41.0 Å². The van der Waals surface area contributed by atoms with Crippen LogP contribution in [0.25, 0.3) is 0 Å². The molecule has 1 atom stereocenters. The molecule has 0 bridgehead atoms. The Labute approximate surface area is 196 Å². The quantitative estimate of drug-likeness (QED) is 0.540. The number of imidazole rings is 1. The van der Waals surface area contributed by atoms with Crippen LogP contribution < -0.4 is 10.6 Å². The molecule has 0 radical (unpaired) electrons. The first kappa shape index (κ1) is 24.2. The van der Waals surface area contributed by atoms with Crippen molar-refractivity contribution < 1.29 is 9.59 Å². The summed E-state index contributed by atoms with van der Waals surface area (Å²) in [6, 6.07) is 14.6. The van der Waals surface area contributed by atoms with E-state index < -0.39 is 6.04 Å². The lowest BCUT2D eigenvalue weighted by Crippen LogP contribution is -2.47. The summed E-state index contributed by atoms with van der Waals surface area (Å²) >= 11 is 0. The molecule has 174 valence electrons. The maximum Gasteiger partial charge on any atom is 0.251 e. The van der Waals surface area contributed by atoms with E-state index in [-0.39, 0.29) is 23.1 Å². The number of benzene rings is 2. The summed E-state index contributed by atoms with van der Waals surface area (Å²) in [6.45, 7) is 12.9. The molecule has 6 heteroatoms. The fourth-order valence-corrected chi connectivity index (χ4v) is 3.56. The molecule has 2 aromatic carbocycles. The molecule has 3 rings (SSSR count). The van der Waals surface area contributed by atoms with Crippen molar-refractivity contribution in [3.63, 3.8) is 0 Å². The Kier molecular flexibility index (Phi) is 7.36. The van der Waals surface area contributed by atoms with E-state index in [0.29, 0.717) is 11.3 Å². The maximum absolute atomic E-state index is 13.0. The molecule has 2 amide bonds. The first-order chi connectivity index (χ1) is 15.5. The molecular formula is C27H34N4O2. The largest absolute Gasteiger partial charge is 0.340 e. The number of hydrogen-bond acceptors (Lipinski definition) is 3. The van der Waals surface area contributed by atoms with Crippen molar-refractivity contribution in [3.8, 4) is 0 Å². The summed E-state index contributed by atoms with van der Waals surface area (Å²) in [4.78, 5) is 30.0. The van der Waals surface area contributed by atoms with Crippen molar-refractivity contribution in [2.45, 2.75) is 59.5 Å². The third-order valence-electron chi connectivity index (χ3n) is 5.75. The number of carbonyl (C=O) groups is 2. The van der Waals surface area contributed by atoms with E-state index >= 15 is 0 Å². The van der Waals surface area contributed by atoms with Gasteiger partial charge in [0.2, 0.25) is 5.91 Å². The number of carbonyl (C=O) groups excluding carboxylic acids is 2. The molecule has 0 saturated heterocycles. The molecule has 1 aromatic heterocycles. The number of aromatic nitrogens is 2. The van der Waals surface area contributed by atoms with E-state index in [0.717, 1.165) is 23.5 Å². The van der Waals surface area contributed by atoms with Crippen LogP contribution in [0.5, 0.6) is 0 Å². The van der Waals surface area contributed by atoms with Gasteiger partial charge < -0.3 is 15.2 Å². The molecule has 0 aliphatic carbocycles. The Hall–Kier alpha value is -3.41. The molecule has 3 aromatic rings. The Balaban J connectivity index is 1.64. The number of amides is 2. The Bertz CT molecular complexity index is 1090. The van der Waals surface area contributed by atoms with Crippen molar-refractivity contribution in [3.05, 3.63) is 83.4 Å². The molecule has 0 saturated carbocycles. The van der Waals surface area contributed by atoms with Gasteiger partial charge in [0.15, 0.2) is 0 Å². The molecule has 1 heterocycles. The van der Waals surface area contributed by atoms with Gasteiger partial charge in [-0.2, -0.15) is 0 Å². The van der Waals surface area contributed by atoms with Crippen LogP contribution in [0.4, 0.5) is 5.69 Å². The Morgan fingerprint density at radius 3 is 2.15 bits per heavy atom. The standard InChI is InChI=1S/C27H34N4O2/c1-18(2)24(30-25(32)21-9-11-22(12-10-21)27(4,5)6)26(33)29-23-13-7-20(8-14-23)17-31-16-15-28-19(31)3/h7-16,18,24H,17H2,1-6H3,(H,29,33)(H,30,32). The van der Waals surface area contributed by atoms with Crippen molar-refractivity contribution in [1.82, 2.24) is 14.9 Å². The van der Waals surface area contributed by atoms with Gasteiger partial charge in [0.05, 0.1) is 0 Å². The molecular weight excluding hydrogens is 412 g/mol. The fourth-order valence-electron chi connectivity index (χ4n) is 3.56. The van der Waals surface area contributed by atoms with Gasteiger partial charge >= 0.3 is 0 Å². The number of rotatable bonds is 7. The first-order valence-electron chi connectivity index (χ1n) is 11.3. The van der Waals surface area contributed by atoms with Crippen LogP contribution in [-0.2, 0) is 16.8 Å². The molecule has 0 aliphatic rings. The smallest absolute Gasteiger partial charge is 0.251 e. The molecule has 33 heavy (non-hydrogen) atoms. The fraction of sp³-hybridized carbons (Fsp3) is 0.370. The monoisotopic (exact) mass is 446 g/mol. The normalized spacial score (nSPS) is 12.5. The van der Waals surface area contributed by atoms with Crippen molar-refractivity contribution >= 4 is 17.5 Å². The summed E-state index contributed by atoms with van der Waals surface area (Å²) in [5.41, 5.74) is 3.52. The second-order valence-corrected chi connectivity index (χ2v) is 9.81. The van der Waals surface area contributed by atoms with Crippen molar-refractivity contribution in [2.75, 3.05) is 5.32 Å². The minimum atomic E-state index is -0.645. The molecule has 1 unspecified atom stereocenters. The summed E-state index contributed by atoms with van der Waals surface area (Å²) in [5, 5.41) is 5.83. The van der Waals surface area contributed by atoms with Crippen LogP contribution in [0.1, 0.15) is 61.9 Å². The maximum atomic E-state index is 13.0. The average molecular weight is 447 g/mol. The van der Waals surface area contributed by atoms with Gasteiger partial charge in [-0.05, 0) is 53.6 Å². The van der Waals surface area contributed by atoms with E-state index in [4.69, 9.17) is 0 Å². The lowest BCUT2D eigenvalue weighted by atomic mass is 9.86. The third kappa shape index (κ3) is 6.31. The van der Waals surface area contributed by atoms with Gasteiger partial charge in [0.25, 0.3) is 5.91 Å². The van der Waals surface area contributed by atoms with Crippen LogP contribution in [0.15, 0.2) is 60.9 Å². The van der Waals surface area contributed by atoms with E-state index in [1.54, 1.807) is 6.20 Å². The zero-order valence-electron chi connectivity index (χ0n) is 20.3. The van der Waals surface area contributed by atoms with Crippen LogP contribution in [0, 0.1) is 12.8 Å². The van der Waals surface area contributed by atoms with Crippen LogP contribution in [0.3, 0.4) is 0 Å². The summed E-state index contributed by atoms with van der Waals surface area (Å²) < 4.78 is 2.06. The number of anilines is 1.